The van der Waals surface area contributed by atoms with Gasteiger partial charge in [-0.1, -0.05) is 27.7 Å². The van der Waals surface area contributed by atoms with Gasteiger partial charge < -0.3 is 29.8 Å². The van der Waals surface area contributed by atoms with Crippen molar-refractivity contribution in [3.63, 3.8) is 0 Å². The fraction of sp³-hybridized carbons (Fsp3) is 0.704. The summed E-state index contributed by atoms with van der Waals surface area (Å²) in [6, 6.07) is 1.64. The molecule has 1 unspecified atom stereocenters. The number of piperazine rings is 1. The summed E-state index contributed by atoms with van der Waals surface area (Å²) in [5.41, 5.74) is 0. The summed E-state index contributed by atoms with van der Waals surface area (Å²) < 4.78 is 5.42. The van der Waals surface area contributed by atoms with Crippen LogP contribution in [0.15, 0.2) is 22.8 Å². The zero-order valence-corrected chi connectivity index (χ0v) is 22.4. The van der Waals surface area contributed by atoms with Crippen LogP contribution in [0.5, 0.6) is 0 Å². The second-order valence-electron chi connectivity index (χ2n) is 11.5. The smallest absolute Gasteiger partial charge is 0.291 e. The number of carbonyl (C=O) groups excluding carboxylic acids is 4. The van der Waals surface area contributed by atoms with Crippen LogP contribution in [0.3, 0.4) is 0 Å². The van der Waals surface area contributed by atoms with Gasteiger partial charge in [-0.2, -0.15) is 0 Å². The van der Waals surface area contributed by atoms with Crippen LogP contribution in [0, 0.1) is 17.8 Å². The quantitative estimate of drug-likeness (QED) is 0.544. The van der Waals surface area contributed by atoms with Gasteiger partial charge in [-0.25, -0.2) is 0 Å². The summed E-state index contributed by atoms with van der Waals surface area (Å²) in [5, 5.41) is 6.21. The monoisotopic (exact) mass is 515 g/mol. The van der Waals surface area contributed by atoms with E-state index in [1.807, 2.05) is 32.6 Å². The molecular weight excluding hydrogens is 474 g/mol. The summed E-state index contributed by atoms with van der Waals surface area (Å²) in [4.78, 5) is 59.0. The van der Waals surface area contributed by atoms with Crippen LogP contribution in [0.2, 0.25) is 0 Å². The summed E-state index contributed by atoms with van der Waals surface area (Å²) in [6.45, 7) is 10.7. The molecule has 3 aliphatic rings. The molecule has 2 N–H and O–H groups in total. The Morgan fingerprint density at radius 3 is 2.43 bits per heavy atom. The van der Waals surface area contributed by atoms with Crippen molar-refractivity contribution in [3.05, 3.63) is 24.2 Å². The number of nitrogens with one attached hydrogen (secondary N) is 2. The first-order valence-electron chi connectivity index (χ1n) is 13.6. The molecule has 3 fully saturated rings. The number of piperidine rings is 1. The minimum absolute atomic E-state index is 0.0349. The fourth-order valence-electron chi connectivity index (χ4n) is 5.73. The number of furan rings is 1. The highest BCUT2D eigenvalue weighted by Gasteiger charge is 2.52. The Bertz CT molecular complexity index is 972. The summed E-state index contributed by atoms with van der Waals surface area (Å²) in [6.07, 6.45) is 3.57. The number of amides is 4. The first kappa shape index (κ1) is 27.2. The van der Waals surface area contributed by atoms with E-state index < -0.39 is 18.2 Å². The molecule has 4 rings (SSSR count). The van der Waals surface area contributed by atoms with E-state index in [4.69, 9.17) is 4.42 Å². The number of hydrogen-bond donors (Lipinski definition) is 2. The molecule has 37 heavy (non-hydrogen) atoms. The van der Waals surface area contributed by atoms with Crippen LogP contribution in [-0.2, 0) is 14.4 Å². The molecule has 10 heteroatoms. The molecule has 0 radical (unpaired) electrons. The summed E-state index contributed by atoms with van der Waals surface area (Å²) in [7, 11) is 0. The predicted molar refractivity (Wildman–Crippen MR) is 137 cm³/mol. The van der Waals surface area contributed by atoms with E-state index in [9.17, 15) is 19.2 Å². The first-order valence-corrected chi connectivity index (χ1v) is 13.6. The topological polar surface area (TPSA) is 115 Å². The highest BCUT2D eigenvalue weighted by atomic mass is 16.3. The van der Waals surface area contributed by atoms with Crippen molar-refractivity contribution in [3.8, 4) is 0 Å². The highest BCUT2D eigenvalue weighted by Crippen LogP contribution is 2.31. The maximum Gasteiger partial charge on any atom is 0.291 e. The van der Waals surface area contributed by atoms with Gasteiger partial charge in [-0.15, -0.1) is 0 Å². The van der Waals surface area contributed by atoms with Gasteiger partial charge in [0.1, 0.15) is 18.2 Å². The van der Waals surface area contributed by atoms with Gasteiger partial charge in [0.25, 0.3) is 5.91 Å². The third kappa shape index (κ3) is 6.17. The van der Waals surface area contributed by atoms with Crippen molar-refractivity contribution in [2.45, 2.75) is 71.6 Å². The van der Waals surface area contributed by atoms with E-state index >= 15 is 0 Å². The number of fused-ring (bicyclic) bond motifs is 1. The molecule has 0 bridgehead atoms. The maximum atomic E-state index is 13.8. The molecule has 3 saturated heterocycles. The van der Waals surface area contributed by atoms with Gasteiger partial charge in [-0.3, -0.25) is 19.2 Å². The third-order valence-electron chi connectivity index (χ3n) is 7.48. The minimum Gasteiger partial charge on any atom is -0.459 e. The molecule has 1 aromatic heterocycles. The molecule has 0 aliphatic carbocycles. The number of rotatable bonds is 8. The van der Waals surface area contributed by atoms with Gasteiger partial charge in [0, 0.05) is 13.0 Å². The highest BCUT2D eigenvalue weighted by molar-refractivity contribution is 5.98. The lowest BCUT2D eigenvalue weighted by Gasteiger charge is -2.54. The lowest BCUT2D eigenvalue weighted by atomic mass is 9.92. The van der Waals surface area contributed by atoms with E-state index in [-0.39, 0.29) is 60.7 Å². The third-order valence-corrected chi connectivity index (χ3v) is 7.48. The Hall–Kier alpha value is -2.88. The molecule has 3 atom stereocenters. The standard InChI is InChI=1S/C27H41N5O5/c1-17(2)12-21-26(35)30(14-19-7-9-28-10-8-19)16-24-31(27(36)22-6-5-11-37-22)15-20(25(34)32(21)24)29-23(33)13-18(3)4/h5-6,11,17-21,24,28H,7-10,12-16H2,1-4H3,(H,29,33)/t20-,21-,24?/m1/s1. The molecule has 3 aliphatic heterocycles. The van der Waals surface area contributed by atoms with Crippen LogP contribution in [-0.4, -0.2) is 89.3 Å². The lowest BCUT2D eigenvalue weighted by molar-refractivity contribution is -0.171. The van der Waals surface area contributed by atoms with Gasteiger partial charge in [0.2, 0.25) is 17.7 Å². The maximum absolute atomic E-state index is 13.8. The van der Waals surface area contributed by atoms with Gasteiger partial charge in [0.15, 0.2) is 5.76 Å². The Labute approximate surface area is 219 Å². The summed E-state index contributed by atoms with van der Waals surface area (Å²) in [5.74, 6) is -0.129. The van der Waals surface area contributed by atoms with E-state index in [2.05, 4.69) is 10.6 Å². The minimum atomic E-state index is -0.917. The molecule has 0 saturated carbocycles. The first-order chi connectivity index (χ1) is 17.7. The lowest BCUT2D eigenvalue weighted by Crippen LogP contribution is -2.76. The van der Waals surface area contributed by atoms with E-state index in [1.165, 1.54) is 6.26 Å². The summed E-state index contributed by atoms with van der Waals surface area (Å²) >= 11 is 0. The van der Waals surface area contributed by atoms with E-state index in [1.54, 1.807) is 21.9 Å². The van der Waals surface area contributed by atoms with Crippen molar-refractivity contribution in [2.24, 2.45) is 17.8 Å². The molecule has 0 spiro atoms. The van der Waals surface area contributed by atoms with Crippen molar-refractivity contribution in [1.82, 2.24) is 25.3 Å². The van der Waals surface area contributed by atoms with Crippen LogP contribution in [0.25, 0.3) is 0 Å². The largest absolute Gasteiger partial charge is 0.459 e. The van der Waals surface area contributed by atoms with Gasteiger partial charge in [-0.05, 0) is 62.2 Å². The van der Waals surface area contributed by atoms with Crippen LogP contribution >= 0.6 is 0 Å². The van der Waals surface area contributed by atoms with E-state index in [0.717, 1.165) is 25.9 Å². The Balaban J connectivity index is 1.66. The molecule has 4 heterocycles. The average molecular weight is 516 g/mol. The zero-order valence-electron chi connectivity index (χ0n) is 22.4. The normalized spacial score (nSPS) is 25.1. The van der Waals surface area contributed by atoms with Crippen molar-refractivity contribution >= 4 is 23.6 Å². The molecule has 1 aromatic rings. The SMILES string of the molecule is CC(C)CC(=O)N[C@@H]1CN(C(=O)c2ccco2)C2CN(CC3CCNCC3)C(=O)[C@@H](CC(C)C)N2C1=O. The molecule has 10 nitrogen and oxygen atoms in total. The number of nitrogens with zero attached hydrogens (tertiary/aromatic N) is 3. The Kier molecular flexibility index (Phi) is 8.56. The Morgan fingerprint density at radius 2 is 1.81 bits per heavy atom. The molecule has 204 valence electrons. The number of carbonyl (C=O) groups is 4. The van der Waals surface area contributed by atoms with Crippen molar-refractivity contribution in [1.29, 1.82) is 0 Å². The van der Waals surface area contributed by atoms with Crippen molar-refractivity contribution in [2.75, 3.05) is 32.7 Å². The number of hydrogen-bond acceptors (Lipinski definition) is 6. The fourth-order valence-corrected chi connectivity index (χ4v) is 5.73. The zero-order chi connectivity index (χ0) is 26.7. The molecular formula is C27H41N5O5. The van der Waals surface area contributed by atoms with Crippen molar-refractivity contribution < 1.29 is 23.6 Å². The Morgan fingerprint density at radius 1 is 1.08 bits per heavy atom. The molecule has 4 amide bonds. The average Bonchev–Trinajstić information content (AvgIpc) is 3.38. The second kappa shape index (κ2) is 11.7. The molecule has 0 aromatic carbocycles. The second-order valence-corrected chi connectivity index (χ2v) is 11.5. The van der Waals surface area contributed by atoms with Gasteiger partial charge >= 0.3 is 0 Å². The van der Waals surface area contributed by atoms with Crippen LogP contribution in [0.4, 0.5) is 0 Å². The van der Waals surface area contributed by atoms with Crippen LogP contribution in [0.1, 0.15) is 63.9 Å². The van der Waals surface area contributed by atoms with Crippen LogP contribution < -0.4 is 10.6 Å². The van der Waals surface area contributed by atoms with Gasteiger partial charge in [0.05, 0.1) is 19.4 Å². The van der Waals surface area contributed by atoms with E-state index in [0.29, 0.717) is 18.9 Å². The predicted octanol–water partition coefficient (Wildman–Crippen LogP) is 1.68.